The standard InChI is InChI=1S/C33H50N8O3/c1-22(2)7-12-27(23-8-10-24(11-9-23)30(42)34-21-28-36-38-39-37-28)41-31(43)29(40-19-15-26(44-6)16-20-40)35-33(41)17-13-25(14-18-33)32(3,4)5/h8-11,22,25-27H,7,12-21H2,1-6H3,(H,34,42)(H,36,37,38,39)/t25?,27-,33?/m1/s1. The van der Waals surface area contributed by atoms with Crippen LogP contribution in [0.5, 0.6) is 0 Å². The molecule has 11 nitrogen and oxygen atoms in total. The van der Waals surface area contributed by atoms with E-state index in [0.717, 1.165) is 70.0 Å². The van der Waals surface area contributed by atoms with Crippen LogP contribution in [0, 0.1) is 17.3 Å². The first-order valence-electron chi connectivity index (χ1n) is 16.3. The van der Waals surface area contributed by atoms with Gasteiger partial charge in [0.05, 0.1) is 18.7 Å². The summed E-state index contributed by atoms with van der Waals surface area (Å²) in [5.41, 5.74) is 1.27. The summed E-state index contributed by atoms with van der Waals surface area (Å²) in [7, 11) is 1.77. The highest BCUT2D eigenvalue weighted by molar-refractivity contribution is 6.39. The van der Waals surface area contributed by atoms with Crippen LogP contribution in [0.25, 0.3) is 0 Å². The molecule has 0 unspecified atom stereocenters. The summed E-state index contributed by atoms with van der Waals surface area (Å²) in [6.45, 7) is 13.2. The van der Waals surface area contributed by atoms with E-state index >= 15 is 0 Å². The summed E-state index contributed by atoms with van der Waals surface area (Å²) in [6.07, 6.45) is 7.68. The van der Waals surface area contributed by atoms with Crippen molar-refractivity contribution in [3.8, 4) is 0 Å². The normalized spacial score (nSPS) is 23.8. The molecule has 2 amide bonds. The molecule has 11 heteroatoms. The molecular weight excluding hydrogens is 556 g/mol. The Hall–Kier alpha value is -3.34. The van der Waals surface area contributed by atoms with Gasteiger partial charge < -0.3 is 19.9 Å². The first kappa shape index (κ1) is 32.1. The molecule has 44 heavy (non-hydrogen) atoms. The molecule has 2 aliphatic heterocycles. The molecule has 3 aliphatic rings. The zero-order chi connectivity index (χ0) is 31.5. The smallest absolute Gasteiger partial charge is 0.291 e. The zero-order valence-corrected chi connectivity index (χ0v) is 27.3. The van der Waals surface area contributed by atoms with Gasteiger partial charge in [-0.05, 0) is 86.3 Å². The van der Waals surface area contributed by atoms with Gasteiger partial charge in [-0.15, -0.1) is 10.2 Å². The number of carbonyl (C=O) groups is 2. The lowest BCUT2D eigenvalue weighted by molar-refractivity contribution is -0.134. The van der Waals surface area contributed by atoms with Crippen LogP contribution in [0.3, 0.4) is 0 Å². The molecule has 2 fully saturated rings. The van der Waals surface area contributed by atoms with E-state index in [1.807, 2.05) is 24.3 Å². The topological polar surface area (TPSA) is 129 Å². The van der Waals surface area contributed by atoms with Crippen molar-refractivity contribution in [3.63, 3.8) is 0 Å². The highest BCUT2D eigenvalue weighted by Gasteiger charge is 2.53. The van der Waals surface area contributed by atoms with Gasteiger partial charge >= 0.3 is 0 Å². The lowest BCUT2D eigenvalue weighted by Gasteiger charge is -2.47. The predicted molar refractivity (Wildman–Crippen MR) is 169 cm³/mol. The molecule has 1 atom stereocenters. The fourth-order valence-electron chi connectivity index (χ4n) is 7.15. The van der Waals surface area contributed by atoms with Gasteiger partial charge in [0.2, 0.25) is 0 Å². The Balaban J connectivity index is 1.43. The molecule has 1 spiro atoms. The Morgan fingerprint density at radius 2 is 1.77 bits per heavy atom. The number of likely N-dealkylation sites (tertiary alicyclic amines) is 1. The highest BCUT2D eigenvalue weighted by atomic mass is 16.5. The molecule has 0 radical (unpaired) electrons. The van der Waals surface area contributed by atoms with Crippen molar-refractivity contribution in [2.24, 2.45) is 22.2 Å². The summed E-state index contributed by atoms with van der Waals surface area (Å²) in [5.74, 6) is 1.98. The van der Waals surface area contributed by atoms with E-state index in [1.165, 1.54) is 0 Å². The third-order valence-corrected chi connectivity index (χ3v) is 9.94. The van der Waals surface area contributed by atoms with Crippen molar-refractivity contribution >= 4 is 17.6 Å². The summed E-state index contributed by atoms with van der Waals surface area (Å²) >= 11 is 0. The Labute approximate surface area is 261 Å². The minimum atomic E-state index is -0.547. The molecule has 3 heterocycles. The molecular formula is C33H50N8O3. The lowest BCUT2D eigenvalue weighted by atomic mass is 9.69. The van der Waals surface area contributed by atoms with Gasteiger partial charge in [0.25, 0.3) is 11.8 Å². The molecule has 240 valence electrons. The molecule has 1 saturated heterocycles. The lowest BCUT2D eigenvalue weighted by Crippen LogP contribution is -2.52. The van der Waals surface area contributed by atoms with Gasteiger partial charge in [0.15, 0.2) is 11.7 Å². The number of hydrogen-bond donors (Lipinski definition) is 2. The van der Waals surface area contributed by atoms with Gasteiger partial charge in [-0.25, -0.2) is 4.99 Å². The molecule has 5 rings (SSSR count). The van der Waals surface area contributed by atoms with Crippen LogP contribution >= 0.6 is 0 Å². The number of rotatable bonds is 9. The maximum Gasteiger partial charge on any atom is 0.291 e. The minimum Gasteiger partial charge on any atom is -0.381 e. The zero-order valence-electron chi connectivity index (χ0n) is 27.3. The molecule has 2 N–H and O–H groups in total. The SMILES string of the molecule is COC1CCN(C2=NC3(CCC(C(C)(C)C)CC3)N([C@H](CCC(C)C)c3ccc(C(=O)NCc4nn[nH]n4)cc3)C2=O)CC1. The van der Waals surface area contributed by atoms with Gasteiger partial charge in [-0.3, -0.25) is 9.59 Å². The van der Waals surface area contributed by atoms with E-state index in [9.17, 15) is 9.59 Å². The summed E-state index contributed by atoms with van der Waals surface area (Å²) in [4.78, 5) is 37.2. The summed E-state index contributed by atoms with van der Waals surface area (Å²) < 4.78 is 5.61. The molecule has 2 aromatic rings. The van der Waals surface area contributed by atoms with Crippen molar-refractivity contribution in [1.29, 1.82) is 0 Å². The summed E-state index contributed by atoms with van der Waals surface area (Å²) in [5, 5.41) is 16.6. The third-order valence-electron chi connectivity index (χ3n) is 9.94. The van der Waals surface area contributed by atoms with Crippen LogP contribution in [0.4, 0.5) is 0 Å². The molecule has 0 bridgehead atoms. The maximum atomic E-state index is 14.6. The maximum absolute atomic E-state index is 14.6. The second kappa shape index (κ2) is 13.3. The van der Waals surface area contributed by atoms with Crippen molar-refractivity contribution in [3.05, 3.63) is 41.2 Å². The van der Waals surface area contributed by atoms with E-state index < -0.39 is 5.66 Å². The Morgan fingerprint density at radius 3 is 2.34 bits per heavy atom. The van der Waals surface area contributed by atoms with E-state index in [1.54, 1.807) is 7.11 Å². The number of nitrogens with zero attached hydrogens (tertiary/aromatic N) is 6. The molecule has 1 aromatic carbocycles. The van der Waals surface area contributed by atoms with E-state index in [0.29, 0.717) is 29.1 Å². The number of aliphatic imine (C=N–C) groups is 1. The molecule has 1 aromatic heterocycles. The third kappa shape index (κ3) is 6.98. The van der Waals surface area contributed by atoms with Gasteiger partial charge in [0, 0.05) is 25.8 Å². The second-order valence-electron chi connectivity index (χ2n) is 14.3. The average molecular weight is 607 g/mol. The number of piperidine rings is 1. The van der Waals surface area contributed by atoms with Crippen LogP contribution in [0.1, 0.15) is 114 Å². The Morgan fingerprint density at radius 1 is 1.09 bits per heavy atom. The average Bonchev–Trinajstić information content (AvgIpc) is 3.63. The van der Waals surface area contributed by atoms with Crippen LogP contribution in [-0.2, 0) is 16.1 Å². The number of ether oxygens (including phenoxy) is 1. The monoisotopic (exact) mass is 606 g/mol. The number of benzene rings is 1. The second-order valence-corrected chi connectivity index (χ2v) is 14.3. The highest BCUT2D eigenvalue weighted by Crippen LogP contribution is 2.50. The number of tetrazole rings is 1. The van der Waals surface area contributed by atoms with Crippen LogP contribution in [0.2, 0.25) is 0 Å². The number of nitrogens with one attached hydrogen (secondary N) is 2. The quantitative estimate of drug-likeness (QED) is 0.416. The van der Waals surface area contributed by atoms with Crippen molar-refractivity contribution in [2.45, 2.75) is 110 Å². The predicted octanol–water partition coefficient (Wildman–Crippen LogP) is 4.89. The van der Waals surface area contributed by atoms with E-state index in [2.05, 4.69) is 70.4 Å². The first-order chi connectivity index (χ1) is 21.0. The number of carbonyl (C=O) groups excluding carboxylic acids is 2. The van der Waals surface area contributed by atoms with Crippen molar-refractivity contribution < 1.29 is 14.3 Å². The number of H-pyrrole nitrogens is 1. The number of amidine groups is 1. The Bertz CT molecular complexity index is 1290. The molecule has 1 saturated carbocycles. The summed E-state index contributed by atoms with van der Waals surface area (Å²) in [6, 6.07) is 7.59. The largest absolute Gasteiger partial charge is 0.381 e. The van der Waals surface area contributed by atoms with Gasteiger partial charge in [-0.2, -0.15) is 5.21 Å². The van der Waals surface area contributed by atoms with Crippen molar-refractivity contribution in [2.75, 3.05) is 20.2 Å². The number of aromatic nitrogens is 4. The fourth-order valence-corrected chi connectivity index (χ4v) is 7.15. The van der Waals surface area contributed by atoms with Gasteiger partial charge in [-0.1, -0.05) is 52.0 Å². The van der Waals surface area contributed by atoms with Crippen LogP contribution < -0.4 is 5.32 Å². The van der Waals surface area contributed by atoms with Crippen LogP contribution in [-0.4, -0.2) is 80.0 Å². The van der Waals surface area contributed by atoms with E-state index in [4.69, 9.17) is 9.73 Å². The number of aromatic amines is 1. The van der Waals surface area contributed by atoms with E-state index in [-0.39, 0.29) is 35.9 Å². The first-order valence-corrected chi connectivity index (χ1v) is 16.3. The fraction of sp³-hybridized carbons (Fsp3) is 0.697. The van der Waals surface area contributed by atoms with Crippen LogP contribution in [0.15, 0.2) is 29.3 Å². The Kier molecular flexibility index (Phi) is 9.72. The number of amides is 2. The minimum absolute atomic E-state index is 0.0470. The number of methoxy groups -OCH3 is 1. The van der Waals surface area contributed by atoms with Gasteiger partial charge in [0.1, 0.15) is 5.66 Å². The molecule has 1 aliphatic carbocycles. The number of hydrogen-bond acceptors (Lipinski definition) is 8. The van der Waals surface area contributed by atoms with Crippen molar-refractivity contribution in [1.82, 2.24) is 35.7 Å².